The summed E-state index contributed by atoms with van der Waals surface area (Å²) < 4.78 is 5.28. The number of hydrogen-bond donors (Lipinski definition) is 0. The largest absolute Gasteiger partial charge is 0.496 e. The molecule has 0 spiro atoms. The lowest BCUT2D eigenvalue weighted by Gasteiger charge is -2.10. The zero-order valence-electron chi connectivity index (χ0n) is 9.98. The molecule has 1 nitrogen and oxygen atoms in total. The standard InChI is InChI=1S/C14H18O/c1-5-6-7-8-13-9-12(3)14(15-4)10-11(13)2/h9-10H,7-8H2,1-4H3. The quantitative estimate of drug-likeness (QED) is 0.683. The van der Waals surface area contributed by atoms with E-state index >= 15 is 0 Å². The first-order chi connectivity index (χ1) is 7.19. The van der Waals surface area contributed by atoms with Gasteiger partial charge in [0, 0.05) is 6.42 Å². The normalized spacial score (nSPS) is 9.33. The van der Waals surface area contributed by atoms with E-state index in [0.717, 1.165) is 18.6 Å². The number of methoxy groups -OCH3 is 1. The van der Waals surface area contributed by atoms with E-state index < -0.39 is 0 Å². The highest BCUT2D eigenvalue weighted by molar-refractivity contribution is 5.41. The fraction of sp³-hybridized carbons (Fsp3) is 0.429. The molecule has 0 aliphatic carbocycles. The lowest BCUT2D eigenvalue weighted by molar-refractivity contribution is 0.411. The van der Waals surface area contributed by atoms with Crippen LogP contribution < -0.4 is 4.74 Å². The summed E-state index contributed by atoms with van der Waals surface area (Å²) in [6.45, 7) is 6.08. The maximum Gasteiger partial charge on any atom is 0.122 e. The van der Waals surface area contributed by atoms with Gasteiger partial charge >= 0.3 is 0 Å². The Bertz CT molecular complexity index is 394. The van der Waals surface area contributed by atoms with Crippen molar-refractivity contribution in [2.24, 2.45) is 0 Å². The molecule has 0 bridgehead atoms. The molecule has 1 aromatic rings. The second kappa shape index (κ2) is 5.46. The van der Waals surface area contributed by atoms with Gasteiger partial charge in [-0.1, -0.05) is 6.07 Å². The molecule has 0 aliphatic heterocycles. The summed E-state index contributed by atoms with van der Waals surface area (Å²) in [4.78, 5) is 0. The minimum atomic E-state index is 0.934. The molecule has 0 atom stereocenters. The summed E-state index contributed by atoms with van der Waals surface area (Å²) in [5.74, 6) is 6.98. The van der Waals surface area contributed by atoms with Crippen molar-refractivity contribution >= 4 is 0 Å². The van der Waals surface area contributed by atoms with Gasteiger partial charge in [0.05, 0.1) is 7.11 Å². The lowest BCUT2D eigenvalue weighted by Crippen LogP contribution is -1.94. The molecular weight excluding hydrogens is 184 g/mol. The van der Waals surface area contributed by atoms with Crippen LogP contribution >= 0.6 is 0 Å². The molecule has 0 heterocycles. The van der Waals surface area contributed by atoms with Gasteiger partial charge in [0.15, 0.2) is 0 Å². The predicted molar refractivity (Wildman–Crippen MR) is 64.2 cm³/mol. The van der Waals surface area contributed by atoms with E-state index in [1.165, 1.54) is 16.7 Å². The van der Waals surface area contributed by atoms with Gasteiger partial charge in [0.25, 0.3) is 0 Å². The number of benzene rings is 1. The van der Waals surface area contributed by atoms with Crippen LogP contribution in [0.25, 0.3) is 0 Å². The third-order valence-electron chi connectivity index (χ3n) is 2.55. The zero-order chi connectivity index (χ0) is 11.3. The predicted octanol–water partition coefficient (Wildman–Crippen LogP) is 3.27. The third kappa shape index (κ3) is 3.02. The minimum absolute atomic E-state index is 0.934. The van der Waals surface area contributed by atoms with Crippen molar-refractivity contribution in [3.8, 4) is 17.6 Å². The molecule has 1 aromatic carbocycles. The molecule has 0 aliphatic rings. The van der Waals surface area contributed by atoms with Crippen LogP contribution in [0.1, 0.15) is 30.0 Å². The summed E-state index contributed by atoms with van der Waals surface area (Å²) in [5.41, 5.74) is 3.86. The van der Waals surface area contributed by atoms with Crippen molar-refractivity contribution in [2.75, 3.05) is 7.11 Å². The van der Waals surface area contributed by atoms with E-state index in [-0.39, 0.29) is 0 Å². The molecule has 1 rings (SSSR count). The Balaban J connectivity index is 2.88. The first-order valence-corrected chi connectivity index (χ1v) is 5.22. The molecule has 0 amide bonds. The third-order valence-corrected chi connectivity index (χ3v) is 2.55. The molecule has 0 aromatic heterocycles. The van der Waals surface area contributed by atoms with E-state index in [1.807, 2.05) is 6.92 Å². The number of aryl methyl sites for hydroxylation is 3. The monoisotopic (exact) mass is 202 g/mol. The van der Waals surface area contributed by atoms with Crippen LogP contribution in [0.3, 0.4) is 0 Å². The van der Waals surface area contributed by atoms with Gasteiger partial charge in [-0.3, -0.25) is 0 Å². The molecular formula is C14H18O. The highest BCUT2D eigenvalue weighted by Gasteiger charge is 2.03. The highest BCUT2D eigenvalue weighted by Crippen LogP contribution is 2.23. The van der Waals surface area contributed by atoms with Crippen molar-refractivity contribution < 1.29 is 4.74 Å². The Labute approximate surface area is 92.5 Å². The maximum atomic E-state index is 5.28. The molecule has 0 saturated heterocycles. The van der Waals surface area contributed by atoms with Gasteiger partial charge in [0.1, 0.15) is 5.75 Å². The van der Waals surface area contributed by atoms with Crippen LogP contribution in [0.2, 0.25) is 0 Å². The van der Waals surface area contributed by atoms with Crippen molar-refractivity contribution in [1.29, 1.82) is 0 Å². The van der Waals surface area contributed by atoms with E-state index in [9.17, 15) is 0 Å². The molecule has 0 fully saturated rings. The minimum Gasteiger partial charge on any atom is -0.496 e. The van der Waals surface area contributed by atoms with Gasteiger partial charge < -0.3 is 4.74 Å². The summed E-state index contributed by atoms with van der Waals surface area (Å²) in [6, 6.07) is 4.30. The molecule has 80 valence electrons. The number of rotatable bonds is 3. The van der Waals surface area contributed by atoms with Gasteiger partial charge in [-0.2, -0.15) is 0 Å². The van der Waals surface area contributed by atoms with Crippen LogP contribution in [0.4, 0.5) is 0 Å². The highest BCUT2D eigenvalue weighted by atomic mass is 16.5. The molecule has 0 unspecified atom stereocenters. The van der Waals surface area contributed by atoms with Crippen molar-refractivity contribution in [3.05, 3.63) is 28.8 Å². The van der Waals surface area contributed by atoms with Crippen molar-refractivity contribution in [3.63, 3.8) is 0 Å². The van der Waals surface area contributed by atoms with E-state index in [0.29, 0.717) is 0 Å². The average Bonchev–Trinajstić information content (AvgIpc) is 2.23. The first-order valence-electron chi connectivity index (χ1n) is 5.22. The summed E-state index contributed by atoms with van der Waals surface area (Å²) >= 11 is 0. The topological polar surface area (TPSA) is 9.23 Å². The van der Waals surface area contributed by atoms with Crippen LogP contribution in [-0.4, -0.2) is 7.11 Å². The van der Waals surface area contributed by atoms with Gasteiger partial charge in [0.2, 0.25) is 0 Å². The number of ether oxygens (including phenoxy) is 1. The molecule has 0 radical (unpaired) electrons. The summed E-state index contributed by atoms with van der Waals surface area (Å²) in [5, 5.41) is 0. The second-order valence-electron chi connectivity index (χ2n) is 3.68. The van der Waals surface area contributed by atoms with E-state index in [1.54, 1.807) is 7.11 Å². The molecule has 0 N–H and O–H groups in total. The van der Waals surface area contributed by atoms with Crippen LogP contribution in [0.5, 0.6) is 5.75 Å². The fourth-order valence-electron chi connectivity index (χ4n) is 1.66. The first kappa shape index (κ1) is 11.7. The van der Waals surface area contributed by atoms with Crippen LogP contribution in [0, 0.1) is 25.7 Å². The van der Waals surface area contributed by atoms with Crippen molar-refractivity contribution in [2.45, 2.75) is 33.6 Å². The smallest absolute Gasteiger partial charge is 0.122 e. The number of hydrogen-bond acceptors (Lipinski definition) is 1. The average molecular weight is 202 g/mol. The van der Waals surface area contributed by atoms with E-state index in [2.05, 4.69) is 37.8 Å². The Morgan fingerprint density at radius 1 is 1.20 bits per heavy atom. The summed E-state index contributed by atoms with van der Waals surface area (Å²) in [6.07, 6.45) is 1.96. The maximum absolute atomic E-state index is 5.28. The zero-order valence-corrected chi connectivity index (χ0v) is 9.98. The van der Waals surface area contributed by atoms with Gasteiger partial charge in [-0.15, -0.1) is 11.8 Å². The Morgan fingerprint density at radius 3 is 2.53 bits per heavy atom. The van der Waals surface area contributed by atoms with E-state index in [4.69, 9.17) is 4.74 Å². The Kier molecular flexibility index (Phi) is 4.24. The summed E-state index contributed by atoms with van der Waals surface area (Å²) in [7, 11) is 1.71. The molecule has 15 heavy (non-hydrogen) atoms. The SMILES string of the molecule is CC#CCCc1cc(C)c(OC)cc1C. The molecule has 1 heteroatoms. The van der Waals surface area contributed by atoms with Gasteiger partial charge in [-0.05, 0) is 49.9 Å². The van der Waals surface area contributed by atoms with Gasteiger partial charge in [-0.25, -0.2) is 0 Å². The Morgan fingerprint density at radius 2 is 1.93 bits per heavy atom. The Hall–Kier alpha value is -1.42. The second-order valence-corrected chi connectivity index (χ2v) is 3.68. The van der Waals surface area contributed by atoms with Crippen molar-refractivity contribution in [1.82, 2.24) is 0 Å². The van der Waals surface area contributed by atoms with Crippen LogP contribution in [-0.2, 0) is 6.42 Å². The lowest BCUT2D eigenvalue weighted by atomic mass is 10.0. The van der Waals surface area contributed by atoms with Crippen LogP contribution in [0.15, 0.2) is 12.1 Å². The fourth-order valence-corrected chi connectivity index (χ4v) is 1.66. The molecule has 0 saturated carbocycles.